The molecule has 0 radical (unpaired) electrons. The Morgan fingerprint density at radius 2 is 1.59 bits per heavy atom. The van der Waals surface area contributed by atoms with Gasteiger partial charge >= 0.3 is 5.97 Å². The Morgan fingerprint density at radius 1 is 0.923 bits per heavy atom. The molecule has 200 valence electrons. The van der Waals surface area contributed by atoms with Crippen molar-refractivity contribution in [1.82, 2.24) is 5.32 Å². The number of esters is 1. The molecule has 0 aromatic heterocycles. The summed E-state index contributed by atoms with van der Waals surface area (Å²) in [4.78, 5) is 27.5. The van der Waals surface area contributed by atoms with Crippen LogP contribution in [0, 0.1) is 5.92 Å². The molecule has 1 heterocycles. The van der Waals surface area contributed by atoms with E-state index in [1.54, 1.807) is 0 Å². The average Bonchev–Trinajstić information content (AvgIpc) is 2.95. The van der Waals surface area contributed by atoms with E-state index in [-0.39, 0.29) is 17.6 Å². The minimum Gasteiger partial charge on any atom is -0.489 e. The van der Waals surface area contributed by atoms with Crippen LogP contribution in [-0.2, 0) is 20.9 Å². The zero-order valence-electron chi connectivity index (χ0n) is 22.8. The third-order valence-corrected chi connectivity index (χ3v) is 7.33. The lowest BCUT2D eigenvalue weighted by Gasteiger charge is -2.37. The van der Waals surface area contributed by atoms with Crippen LogP contribution in [0.25, 0.3) is 0 Å². The lowest BCUT2D eigenvalue weighted by atomic mass is 9.71. The minimum absolute atomic E-state index is 0.0436. The number of benzene rings is 3. The van der Waals surface area contributed by atoms with E-state index < -0.39 is 11.9 Å². The molecule has 0 saturated carbocycles. The fourth-order valence-corrected chi connectivity index (χ4v) is 5.49. The van der Waals surface area contributed by atoms with Crippen molar-refractivity contribution in [2.75, 3.05) is 6.61 Å². The molecule has 5 rings (SSSR count). The predicted molar refractivity (Wildman–Crippen MR) is 152 cm³/mol. The first kappa shape index (κ1) is 26.5. The Labute approximate surface area is 230 Å². The molecule has 0 spiro atoms. The van der Waals surface area contributed by atoms with Crippen LogP contribution >= 0.6 is 0 Å². The quantitative estimate of drug-likeness (QED) is 0.329. The van der Waals surface area contributed by atoms with Crippen molar-refractivity contribution >= 4 is 11.8 Å². The van der Waals surface area contributed by atoms with E-state index in [1.807, 2.05) is 93.6 Å². The number of rotatable bonds is 8. The third kappa shape index (κ3) is 5.83. The molecule has 5 nitrogen and oxygen atoms in total. The Kier molecular flexibility index (Phi) is 7.97. The number of ketones is 1. The van der Waals surface area contributed by atoms with E-state index >= 15 is 0 Å². The number of dihydropyridines is 1. The average molecular weight is 522 g/mol. The highest BCUT2D eigenvalue weighted by atomic mass is 16.5. The SMILES string of the molecule is CC1=C(C(=O)OCC(C)C)[C@H](c2ccccc2OCc2ccccc2)C2=C(C[C@@H](c3ccccc3)CC2=O)N1. The smallest absolute Gasteiger partial charge is 0.336 e. The van der Waals surface area contributed by atoms with Crippen molar-refractivity contribution in [2.24, 2.45) is 5.92 Å². The molecule has 1 N–H and O–H groups in total. The van der Waals surface area contributed by atoms with Crippen molar-refractivity contribution in [3.8, 4) is 5.75 Å². The van der Waals surface area contributed by atoms with Gasteiger partial charge in [-0.3, -0.25) is 4.79 Å². The van der Waals surface area contributed by atoms with Crippen molar-refractivity contribution in [3.63, 3.8) is 0 Å². The van der Waals surface area contributed by atoms with Gasteiger partial charge in [0.15, 0.2) is 5.78 Å². The van der Waals surface area contributed by atoms with Crippen molar-refractivity contribution in [1.29, 1.82) is 0 Å². The summed E-state index contributed by atoms with van der Waals surface area (Å²) in [5.41, 5.74) is 5.68. The van der Waals surface area contributed by atoms with Crippen molar-refractivity contribution in [3.05, 3.63) is 124 Å². The normalized spacial score (nSPS) is 19.0. The van der Waals surface area contributed by atoms with Crippen LogP contribution in [0.4, 0.5) is 0 Å². The molecule has 0 saturated heterocycles. The number of ether oxygens (including phenoxy) is 2. The van der Waals surface area contributed by atoms with Crippen LogP contribution < -0.4 is 10.1 Å². The van der Waals surface area contributed by atoms with E-state index in [9.17, 15) is 9.59 Å². The predicted octanol–water partition coefficient (Wildman–Crippen LogP) is 6.83. The maximum Gasteiger partial charge on any atom is 0.336 e. The van der Waals surface area contributed by atoms with Gasteiger partial charge in [0, 0.05) is 29.0 Å². The van der Waals surface area contributed by atoms with E-state index in [2.05, 4.69) is 17.4 Å². The number of para-hydroxylation sites is 1. The van der Waals surface area contributed by atoms with Gasteiger partial charge in [-0.1, -0.05) is 92.7 Å². The number of Topliss-reactive ketones (excluding diaryl/α,β-unsaturated/α-hetero) is 1. The first-order valence-corrected chi connectivity index (χ1v) is 13.6. The van der Waals surface area contributed by atoms with Crippen LogP contribution in [0.2, 0.25) is 0 Å². The molecule has 5 heteroatoms. The molecule has 1 aliphatic heterocycles. The number of nitrogens with one attached hydrogen (secondary N) is 1. The van der Waals surface area contributed by atoms with Crippen LogP contribution in [0.3, 0.4) is 0 Å². The fraction of sp³-hybridized carbons (Fsp3) is 0.294. The van der Waals surface area contributed by atoms with E-state index in [0.717, 1.165) is 22.4 Å². The fourth-order valence-electron chi connectivity index (χ4n) is 5.49. The third-order valence-electron chi connectivity index (χ3n) is 7.33. The number of carbonyl (C=O) groups excluding carboxylic acids is 2. The lowest BCUT2D eigenvalue weighted by Crippen LogP contribution is -2.36. The maximum atomic E-state index is 13.9. The van der Waals surface area contributed by atoms with Gasteiger partial charge in [0.1, 0.15) is 12.4 Å². The van der Waals surface area contributed by atoms with E-state index in [4.69, 9.17) is 9.47 Å². The van der Waals surface area contributed by atoms with Crippen LogP contribution in [0.5, 0.6) is 5.75 Å². The minimum atomic E-state index is -0.572. The standard InChI is InChI=1S/C34H35NO4/c1-22(2)20-39-34(37)31-23(3)35-28-18-26(25-14-8-5-9-15-25)19-29(36)33(28)32(31)27-16-10-11-17-30(27)38-21-24-12-6-4-7-13-24/h4-17,22,26,32,35H,18-21H2,1-3H3/t26-,32+/m1/s1. The van der Waals surface area contributed by atoms with Crippen molar-refractivity contribution < 1.29 is 19.1 Å². The van der Waals surface area contributed by atoms with Crippen LogP contribution in [0.1, 0.15) is 62.1 Å². The Bertz CT molecular complexity index is 1410. The molecule has 0 amide bonds. The lowest BCUT2D eigenvalue weighted by molar-refractivity contribution is -0.140. The van der Waals surface area contributed by atoms with Gasteiger partial charge in [-0.05, 0) is 42.4 Å². The second kappa shape index (κ2) is 11.7. The second-order valence-electron chi connectivity index (χ2n) is 10.7. The molecule has 2 aliphatic rings. The maximum absolute atomic E-state index is 13.9. The highest BCUT2D eigenvalue weighted by Crippen LogP contribution is 2.47. The molecule has 3 aromatic rings. The van der Waals surface area contributed by atoms with Crippen LogP contribution in [0.15, 0.2) is 107 Å². The van der Waals surface area contributed by atoms with Crippen molar-refractivity contribution in [2.45, 2.75) is 52.1 Å². The molecule has 2 atom stereocenters. The first-order valence-electron chi connectivity index (χ1n) is 13.6. The van der Waals surface area contributed by atoms with Gasteiger partial charge in [0.2, 0.25) is 0 Å². The molecule has 3 aromatic carbocycles. The summed E-state index contributed by atoms with van der Waals surface area (Å²) >= 11 is 0. The number of allylic oxidation sites excluding steroid dienone is 3. The van der Waals surface area contributed by atoms with Gasteiger partial charge in [-0.2, -0.15) is 0 Å². The van der Waals surface area contributed by atoms with Gasteiger partial charge in [-0.25, -0.2) is 4.79 Å². The zero-order valence-corrected chi connectivity index (χ0v) is 22.8. The van der Waals surface area contributed by atoms with Crippen LogP contribution in [-0.4, -0.2) is 18.4 Å². The monoisotopic (exact) mass is 521 g/mol. The van der Waals surface area contributed by atoms with E-state index in [0.29, 0.717) is 48.6 Å². The first-order chi connectivity index (χ1) is 18.9. The summed E-state index contributed by atoms with van der Waals surface area (Å²) in [6.45, 7) is 6.60. The Morgan fingerprint density at radius 3 is 2.31 bits per heavy atom. The summed E-state index contributed by atoms with van der Waals surface area (Å²) in [6.07, 6.45) is 1.09. The molecule has 0 bridgehead atoms. The summed E-state index contributed by atoms with van der Waals surface area (Å²) in [5, 5.41) is 3.44. The molecular weight excluding hydrogens is 486 g/mol. The second-order valence-corrected chi connectivity index (χ2v) is 10.7. The number of carbonyl (C=O) groups is 2. The Balaban J connectivity index is 1.56. The topological polar surface area (TPSA) is 64.6 Å². The molecule has 0 unspecified atom stereocenters. The summed E-state index contributed by atoms with van der Waals surface area (Å²) < 4.78 is 12.0. The molecule has 39 heavy (non-hydrogen) atoms. The Hall–Kier alpha value is -4.12. The molecular formula is C34H35NO4. The van der Waals surface area contributed by atoms with Gasteiger partial charge < -0.3 is 14.8 Å². The largest absolute Gasteiger partial charge is 0.489 e. The molecule has 0 fully saturated rings. The summed E-state index contributed by atoms with van der Waals surface area (Å²) in [7, 11) is 0. The van der Waals surface area contributed by atoms with E-state index in [1.165, 1.54) is 0 Å². The zero-order chi connectivity index (χ0) is 27.4. The summed E-state index contributed by atoms with van der Waals surface area (Å²) in [6, 6.07) is 27.8. The van der Waals surface area contributed by atoms with Gasteiger partial charge in [0.25, 0.3) is 0 Å². The van der Waals surface area contributed by atoms with Gasteiger partial charge in [-0.15, -0.1) is 0 Å². The van der Waals surface area contributed by atoms with Gasteiger partial charge in [0.05, 0.1) is 18.1 Å². The number of hydrogen-bond donors (Lipinski definition) is 1. The molecule has 1 aliphatic carbocycles. The summed E-state index contributed by atoms with van der Waals surface area (Å²) in [5.74, 6) is 0.00172. The number of hydrogen-bond acceptors (Lipinski definition) is 5. The highest BCUT2D eigenvalue weighted by molar-refractivity contribution is 6.04. The highest BCUT2D eigenvalue weighted by Gasteiger charge is 2.42.